The average Bonchev–Trinajstić information content (AvgIpc) is 3.55. The van der Waals surface area contributed by atoms with E-state index in [0.29, 0.717) is 25.7 Å². The lowest BCUT2D eigenvalue weighted by molar-refractivity contribution is -0.141. The van der Waals surface area contributed by atoms with Crippen molar-refractivity contribution in [3.05, 3.63) is 0 Å². The van der Waals surface area contributed by atoms with Crippen LogP contribution >= 0.6 is 23.5 Å². The monoisotopic (exact) mass is 840 g/mol. The molecule has 3 saturated heterocycles. The number of hydrogen-bond donors (Lipinski definition) is 6. The van der Waals surface area contributed by atoms with Gasteiger partial charge in [-0.1, -0.05) is 26.7 Å². The van der Waals surface area contributed by atoms with Crippen LogP contribution in [0.15, 0.2) is 0 Å². The predicted octanol–water partition coefficient (Wildman–Crippen LogP) is -0.104. The van der Waals surface area contributed by atoms with Crippen LogP contribution in [-0.2, 0) is 43.2 Å². The third kappa shape index (κ3) is 16.7. The van der Waals surface area contributed by atoms with Crippen LogP contribution in [0.25, 0.3) is 0 Å². The molecule has 3 rings (SSSR count). The lowest BCUT2D eigenvalue weighted by Gasteiger charge is -2.25. The van der Waals surface area contributed by atoms with Crippen LogP contribution < -0.4 is 31.9 Å². The maximum absolute atomic E-state index is 13.0. The summed E-state index contributed by atoms with van der Waals surface area (Å²) >= 11 is 3.89. The van der Waals surface area contributed by atoms with E-state index >= 15 is 0 Å². The van der Waals surface area contributed by atoms with Gasteiger partial charge in [0.15, 0.2) is 0 Å². The fourth-order valence-electron chi connectivity index (χ4n) is 6.60. The van der Waals surface area contributed by atoms with Gasteiger partial charge in [0.1, 0.15) is 5.78 Å². The molecule has 3 aliphatic rings. The molecule has 57 heavy (non-hydrogen) atoms. The molecule has 322 valence electrons. The maximum atomic E-state index is 13.0. The molecule has 0 saturated carbocycles. The molecule has 6 N–H and O–H groups in total. The van der Waals surface area contributed by atoms with Crippen molar-refractivity contribution in [2.75, 3.05) is 51.8 Å². The Morgan fingerprint density at radius 1 is 0.684 bits per heavy atom. The predicted molar refractivity (Wildman–Crippen MR) is 220 cm³/mol. The minimum atomic E-state index is -0.982. The fourth-order valence-corrected chi connectivity index (χ4v) is 10.0. The van der Waals surface area contributed by atoms with Gasteiger partial charge in [0.25, 0.3) is 11.8 Å². The van der Waals surface area contributed by atoms with Crippen molar-refractivity contribution in [2.45, 2.75) is 133 Å². The number of carbonyl (C=O) groups excluding carboxylic acids is 9. The second-order valence-corrected chi connectivity index (χ2v) is 18.6. The number of carbonyl (C=O) groups is 9. The normalized spacial score (nSPS) is 20.4. The highest BCUT2D eigenvalue weighted by atomic mass is 32.2. The molecule has 4 atom stereocenters. The number of rotatable bonds is 18. The van der Waals surface area contributed by atoms with E-state index in [4.69, 9.17) is 0 Å². The van der Waals surface area contributed by atoms with Gasteiger partial charge in [0, 0.05) is 25.0 Å². The van der Waals surface area contributed by atoms with E-state index in [1.165, 1.54) is 12.8 Å². The van der Waals surface area contributed by atoms with Crippen LogP contribution in [0.5, 0.6) is 0 Å². The molecule has 0 aliphatic carbocycles. The topological polar surface area (TPSA) is 232 Å². The summed E-state index contributed by atoms with van der Waals surface area (Å²) < 4.78 is 0.0265. The van der Waals surface area contributed by atoms with E-state index in [1.54, 1.807) is 25.8 Å². The molecule has 19 heteroatoms. The number of nitrogens with zero attached hydrogens (tertiary/aromatic N) is 2. The highest BCUT2D eigenvalue weighted by molar-refractivity contribution is 8.18. The van der Waals surface area contributed by atoms with Crippen LogP contribution in [0.3, 0.4) is 0 Å². The molecular formula is C38H64N8O9S2. The first-order valence-corrected chi connectivity index (χ1v) is 21.8. The molecule has 4 unspecified atom stereocenters. The van der Waals surface area contributed by atoms with Gasteiger partial charge in [0.2, 0.25) is 35.2 Å². The van der Waals surface area contributed by atoms with Gasteiger partial charge < -0.3 is 31.9 Å². The molecule has 6 amide bonds. The summed E-state index contributed by atoms with van der Waals surface area (Å²) in [5.74, 6) is -2.51. The van der Waals surface area contributed by atoms with Crippen molar-refractivity contribution in [1.82, 2.24) is 41.7 Å². The number of thioether (sulfide) groups is 2. The molecule has 0 aromatic rings. The van der Waals surface area contributed by atoms with E-state index < -0.39 is 53.3 Å². The summed E-state index contributed by atoms with van der Waals surface area (Å²) in [4.78, 5) is 113. The quantitative estimate of drug-likeness (QED) is 0.0992. The second kappa shape index (κ2) is 24.4. The zero-order valence-corrected chi connectivity index (χ0v) is 36.4. The van der Waals surface area contributed by atoms with E-state index in [1.807, 2.05) is 58.3 Å². The Hall–Kier alpha value is -3.55. The second-order valence-electron chi connectivity index (χ2n) is 15.4. The zero-order chi connectivity index (χ0) is 42.9. The Labute approximate surface area is 345 Å². The van der Waals surface area contributed by atoms with Gasteiger partial charge in [0.05, 0.1) is 47.9 Å². The van der Waals surface area contributed by atoms with Crippen molar-refractivity contribution in [2.24, 2.45) is 0 Å². The Kier molecular flexibility index (Phi) is 21.2. The summed E-state index contributed by atoms with van der Waals surface area (Å²) in [5, 5.41) is 15.3. The first kappa shape index (κ1) is 49.6. The van der Waals surface area contributed by atoms with Crippen LogP contribution in [0, 0.1) is 0 Å². The average molecular weight is 841 g/mol. The highest BCUT2D eigenvalue weighted by Gasteiger charge is 2.47. The smallest absolute Gasteiger partial charge is 0.290 e. The molecule has 0 aromatic carbocycles. The zero-order valence-electron chi connectivity index (χ0n) is 34.7. The molecule has 3 fully saturated rings. The fraction of sp³-hybridized carbons (Fsp3) is 0.763. The van der Waals surface area contributed by atoms with Gasteiger partial charge >= 0.3 is 0 Å². The Morgan fingerprint density at radius 3 is 1.51 bits per heavy atom. The van der Waals surface area contributed by atoms with Crippen molar-refractivity contribution >= 4 is 76.3 Å². The van der Waals surface area contributed by atoms with Crippen molar-refractivity contribution in [1.29, 1.82) is 0 Å². The Balaban J connectivity index is 0.000000400. The molecule has 0 radical (unpaired) electrons. The molecule has 0 aromatic heterocycles. The van der Waals surface area contributed by atoms with Gasteiger partial charge in [-0.2, -0.15) is 0 Å². The third-order valence-corrected chi connectivity index (χ3v) is 12.7. The number of ketones is 3. The standard InChI is InChI=1S/C21H36N4O4S2.C17H28N4O5/c1-5-8-15(18(27)20(29)22-12-17(26)23-14(2)3)24-19(28)16-11-21(13-25(16)4)30-9-6-7-10-31-21;1-5-6-12(20-16(25)13-7-11(22)9-21(13)4)15(24)17(26)18-8-14(23)19-10(2)3/h14-16H,5-13H2,1-4H3,(H,22,29)(H,23,26)(H,24,28);10,12-13H,5-9H2,1-4H3,(H,18,26)(H,19,23)(H,20,25). The summed E-state index contributed by atoms with van der Waals surface area (Å²) in [7, 11) is 3.60. The van der Waals surface area contributed by atoms with Crippen molar-refractivity contribution < 1.29 is 43.2 Å². The lowest BCUT2D eigenvalue weighted by Crippen LogP contribution is -2.52. The number of nitrogens with one attached hydrogen (secondary N) is 6. The lowest BCUT2D eigenvalue weighted by atomic mass is 10.1. The minimum Gasteiger partial charge on any atom is -0.352 e. The van der Waals surface area contributed by atoms with E-state index in [-0.39, 0.29) is 65.9 Å². The number of amides is 6. The van der Waals surface area contributed by atoms with Crippen LogP contribution in [0.1, 0.15) is 92.9 Å². The van der Waals surface area contributed by atoms with Crippen LogP contribution in [0.2, 0.25) is 0 Å². The van der Waals surface area contributed by atoms with E-state index in [0.717, 1.165) is 24.5 Å². The van der Waals surface area contributed by atoms with Crippen molar-refractivity contribution in [3.8, 4) is 0 Å². The van der Waals surface area contributed by atoms with Gasteiger partial charge in [-0.3, -0.25) is 53.0 Å². The third-order valence-electron chi connectivity index (χ3n) is 9.37. The first-order valence-electron chi connectivity index (χ1n) is 19.9. The van der Waals surface area contributed by atoms with Gasteiger partial charge in [-0.15, -0.1) is 23.5 Å². The molecule has 17 nitrogen and oxygen atoms in total. The highest BCUT2D eigenvalue weighted by Crippen LogP contribution is 2.49. The molecule has 3 aliphatic heterocycles. The van der Waals surface area contributed by atoms with Crippen molar-refractivity contribution in [3.63, 3.8) is 0 Å². The number of Topliss-reactive ketones (excluding diaryl/α,β-unsaturated/α-hetero) is 3. The Morgan fingerprint density at radius 2 is 1.12 bits per heavy atom. The summed E-state index contributed by atoms with van der Waals surface area (Å²) in [5.41, 5.74) is 0. The molecule has 3 heterocycles. The van der Waals surface area contributed by atoms with Gasteiger partial charge in [-0.05, 0) is 85.4 Å². The number of likely N-dealkylation sites (N-methyl/N-ethyl adjacent to an activating group) is 2. The largest absolute Gasteiger partial charge is 0.352 e. The number of hydrogen-bond acceptors (Lipinski definition) is 13. The summed E-state index contributed by atoms with van der Waals surface area (Å²) in [6.45, 7) is 11.4. The van der Waals surface area contributed by atoms with Crippen LogP contribution in [-0.4, -0.2) is 155 Å². The van der Waals surface area contributed by atoms with Gasteiger partial charge in [-0.25, -0.2) is 0 Å². The number of likely N-dealkylation sites (tertiary alicyclic amines) is 2. The maximum Gasteiger partial charge on any atom is 0.290 e. The summed E-state index contributed by atoms with van der Waals surface area (Å²) in [6.07, 6.45) is 5.14. The van der Waals surface area contributed by atoms with Crippen LogP contribution in [0.4, 0.5) is 0 Å². The SMILES string of the molecule is CCCC(NC(=O)C1CC(=O)CN1C)C(=O)C(=O)NCC(=O)NC(C)C.CCCC(NC(=O)C1CC2(CN1C)SCCCCS2)C(=O)C(=O)NCC(=O)NC(C)C. The molecule has 0 bridgehead atoms. The van der Waals surface area contributed by atoms with E-state index in [9.17, 15) is 43.2 Å². The molecule has 1 spiro atoms. The summed E-state index contributed by atoms with van der Waals surface area (Å²) in [6, 6.07) is -2.94. The first-order chi connectivity index (χ1) is 26.8. The Bertz CT molecular complexity index is 1450. The van der Waals surface area contributed by atoms with E-state index in [2.05, 4.69) is 36.8 Å². The minimum absolute atomic E-state index is 0.0265. The molecular weight excluding hydrogens is 777 g/mol.